The minimum absolute atomic E-state index is 0.0572. The summed E-state index contributed by atoms with van der Waals surface area (Å²) >= 11 is 0. The minimum atomic E-state index is -4.24. The van der Waals surface area contributed by atoms with Gasteiger partial charge in [0, 0.05) is 6.42 Å². The van der Waals surface area contributed by atoms with Gasteiger partial charge in [-0.05, 0) is 6.42 Å². The zero-order chi connectivity index (χ0) is 26.4. The first kappa shape index (κ1) is 34.5. The lowest BCUT2D eigenvalue weighted by molar-refractivity contribution is -0.870. The van der Waals surface area contributed by atoms with Gasteiger partial charge in [0.1, 0.15) is 25.9 Å². The molecule has 0 aromatic carbocycles. The number of unbranched alkanes of at least 4 members (excludes halogenated alkanes) is 14. The lowest BCUT2D eigenvalue weighted by Gasteiger charge is -2.24. The van der Waals surface area contributed by atoms with Gasteiger partial charge in [-0.2, -0.15) is 0 Å². The molecule has 35 heavy (non-hydrogen) atoms. The Morgan fingerprint density at radius 3 is 1.69 bits per heavy atom. The number of phosphoric acid groups is 1. The summed E-state index contributed by atoms with van der Waals surface area (Å²) in [6.07, 6.45) is 18.2. The van der Waals surface area contributed by atoms with Crippen molar-refractivity contribution in [2.75, 3.05) is 47.5 Å². The second-order valence-electron chi connectivity index (χ2n) is 10.6. The molecule has 8 nitrogen and oxygen atoms in total. The van der Waals surface area contributed by atoms with Crippen molar-refractivity contribution in [3.63, 3.8) is 0 Å². The van der Waals surface area contributed by atoms with Gasteiger partial charge in [-0.1, -0.05) is 96.8 Å². The molecule has 0 aliphatic rings. The molecule has 0 saturated carbocycles. The van der Waals surface area contributed by atoms with Crippen LogP contribution in [0.15, 0.2) is 0 Å². The molecular formula is C26H55NO7P+. The Balaban J connectivity index is 3.53. The van der Waals surface area contributed by atoms with E-state index in [1.165, 1.54) is 77.0 Å². The second-order valence-corrected chi connectivity index (χ2v) is 12.1. The molecule has 0 rings (SSSR count). The number of aliphatic hydroxyl groups excluding tert-OH is 1. The van der Waals surface area contributed by atoms with E-state index in [0.717, 1.165) is 19.3 Å². The van der Waals surface area contributed by atoms with Crippen LogP contribution in [-0.4, -0.2) is 74.1 Å². The van der Waals surface area contributed by atoms with E-state index in [4.69, 9.17) is 13.8 Å². The zero-order valence-electron chi connectivity index (χ0n) is 23.0. The van der Waals surface area contributed by atoms with Gasteiger partial charge < -0.3 is 19.2 Å². The van der Waals surface area contributed by atoms with Gasteiger partial charge in [-0.15, -0.1) is 0 Å². The second kappa shape index (κ2) is 21.6. The molecule has 0 aliphatic heterocycles. The molecule has 0 amide bonds. The minimum Gasteiger partial charge on any atom is -0.463 e. The Morgan fingerprint density at radius 2 is 1.23 bits per heavy atom. The summed E-state index contributed by atoms with van der Waals surface area (Å²) in [5.41, 5.74) is 0. The molecule has 0 aromatic heterocycles. The van der Waals surface area contributed by atoms with Crippen LogP contribution in [0.25, 0.3) is 0 Å². The first-order chi connectivity index (χ1) is 16.6. The molecular weight excluding hydrogens is 469 g/mol. The Labute approximate surface area is 214 Å². The van der Waals surface area contributed by atoms with Crippen molar-refractivity contribution in [1.29, 1.82) is 0 Å². The Morgan fingerprint density at radius 1 is 0.771 bits per heavy atom. The summed E-state index contributed by atoms with van der Waals surface area (Å²) in [7, 11) is 1.57. The number of aliphatic hydroxyl groups is 1. The maximum absolute atomic E-state index is 11.8. The van der Waals surface area contributed by atoms with Gasteiger partial charge >= 0.3 is 13.8 Å². The van der Waals surface area contributed by atoms with E-state index in [1.807, 2.05) is 21.1 Å². The summed E-state index contributed by atoms with van der Waals surface area (Å²) in [6, 6.07) is 0. The molecule has 0 spiro atoms. The van der Waals surface area contributed by atoms with Crippen LogP contribution in [0.5, 0.6) is 0 Å². The van der Waals surface area contributed by atoms with Gasteiger partial charge in [0.05, 0.1) is 27.7 Å². The number of esters is 1. The Bertz CT molecular complexity index is 554. The van der Waals surface area contributed by atoms with Gasteiger partial charge in [0.15, 0.2) is 0 Å². The maximum atomic E-state index is 11.8. The first-order valence-corrected chi connectivity index (χ1v) is 15.3. The highest BCUT2D eigenvalue weighted by atomic mass is 31.2. The van der Waals surface area contributed by atoms with Crippen LogP contribution in [-0.2, 0) is 23.1 Å². The molecule has 0 fully saturated rings. The quantitative estimate of drug-likeness (QED) is 0.0654. The number of phosphoric ester groups is 1. The average Bonchev–Trinajstić information content (AvgIpc) is 2.78. The molecule has 2 N–H and O–H groups in total. The zero-order valence-corrected chi connectivity index (χ0v) is 23.9. The fourth-order valence-corrected chi connectivity index (χ4v) is 4.34. The van der Waals surface area contributed by atoms with Crippen molar-refractivity contribution >= 4 is 13.8 Å². The van der Waals surface area contributed by atoms with E-state index in [0.29, 0.717) is 17.4 Å². The highest BCUT2D eigenvalue weighted by molar-refractivity contribution is 7.47. The van der Waals surface area contributed by atoms with Crippen molar-refractivity contribution < 1.29 is 37.6 Å². The van der Waals surface area contributed by atoms with Crippen LogP contribution < -0.4 is 0 Å². The highest BCUT2D eigenvalue weighted by Gasteiger charge is 2.24. The molecule has 2 unspecified atom stereocenters. The van der Waals surface area contributed by atoms with E-state index in [9.17, 15) is 19.4 Å². The molecule has 0 aromatic rings. The molecule has 2 atom stereocenters. The molecule has 0 bridgehead atoms. The number of hydrogen-bond donors (Lipinski definition) is 2. The van der Waals surface area contributed by atoms with E-state index in [2.05, 4.69) is 6.92 Å². The molecule has 0 heterocycles. The first-order valence-electron chi connectivity index (χ1n) is 13.8. The lowest BCUT2D eigenvalue weighted by Crippen LogP contribution is -2.37. The fraction of sp³-hybridized carbons (Fsp3) is 0.962. The number of carbonyl (C=O) groups is 1. The van der Waals surface area contributed by atoms with Crippen molar-refractivity contribution in [2.24, 2.45) is 0 Å². The normalized spacial score (nSPS) is 14.6. The topological polar surface area (TPSA) is 102 Å². The van der Waals surface area contributed by atoms with E-state index >= 15 is 0 Å². The van der Waals surface area contributed by atoms with E-state index in [-0.39, 0.29) is 19.2 Å². The molecule has 9 heteroatoms. The van der Waals surface area contributed by atoms with E-state index < -0.39 is 20.5 Å². The predicted molar refractivity (Wildman–Crippen MR) is 141 cm³/mol. The van der Waals surface area contributed by atoms with Crippen LogP contribution in [0.1, 0.15) is 110 Å². The largest absolute Gasteiger partial charge is 0.472 e. The molecule has 0 aliphatic carbocycles. The summed E-state index contributed by atoms with van der Waals surface area (Å²) in [4.78, 5) is 21.4. The lowest BCUT2D eigenvalue weighted by atomic mass is 10.0. The summed E-state index contributed by atoms with van der Waals surface area (Å²) < 4.78 is 27.0. The number of quaternary nitrogens is 1. The van der Waals surface area contributed by atoms with Crippen LogP contribution in [0.4, 0.5) is 0 Å². The van der Waals surface area contributed by atoms with Crippen molar-refractivity contribution in [3.05, 3.63) is 0 Å². The Hall–Kier alpha value is -0.500. The monoisotopic (exact) mass is 524 g/mol. The smallest absolute Gasteiger partial charge is 0.463 e. The van der Waals surface area contributed by atoms with Gasteiger partial charge in [0.25, 0.3) is 0 Å². The summed E-state index contributed by atoms with van der Waals surface area (Å²) in [5.74, 6) is -0.370. The van der Waals surface area contributed by atoms with Crippen LogP contribution in [0.3, 0.4) is 0 Å². The van der Waals surface area contributed by atoms with Crippen LogP contribution in [0.2, 0.25) is 0 Å². The van der Waals surface area contributed by atoms with Gasteiger partial charge in [-0.3, -0.25) is 13.8 Å². The van der Waals surface area contributed by atoms with Crippen molar-refractivity contribution in [2.45, 2.75) is 116 Å². The number of likely N-dealkylation sites (N-methyl/N-ethyl adjacent to an activating group) is 1. The SMILES string of the molecule is CCCCCCCCCCCCCCCCCC(=O)OCC(O)COP(=O)(O)OCC[N+](C)(C)C. The van der Waals surface area contributed by atoms with Crippen molar-refractivity contribution in [1.82, 2.24) is 0 Å². The number of nitrogens with zero attached hydrogens (tertiary/aromatic N) is 1. The summed E-state index contributed by atoms with van der Waals surface area (Å²) in [5, 5.41) is 9.83. The average molecular weight is 525 g/mol. The number of hydrogen-bond acceptors (Lipinski definition) is 6. The predicted octanol–water partition coefficient (Wildman–Crippen LogP) is 5.99. The third-order valence-corrected chi connectivity index (χ3v) is 6.85. The highest BCUT2D eigenvalue weighted by Crippen LogP contribution is 2.43. The fourth-order valence-electron chi connectivity index (χ4n) is 3.60. The standard InChI is InChI=1S/C26H54NO7P/c1-5-6-7-8-9-10-11-12-13-14-15-16-17-18-19-20-26(29)32-23-25(28)24-34-35(30,31)33-22-21-27(2,3)4/h25,28H,5-24H2,1-4H3/p+1. The molecule has 0 saturated heterocycles. The number of ether oxygens (including phenoxy) is 1. The number of rotatable bonds is 25. The summed E-state index contributed by atoms with van der Waals surface area (Å²) in [6.45, 7) is 2.14. The van der Waals surface area contributed by atoms with Gasteiger partial charge in [-0.25, -0.2) is 4.57 Å². The number of carbonyl (C=O) groups excluding carboxylic acids is 1. The van der Waals surface area contributed by atoms with E-state index in [1.54, 1.807) is 0 Å². The van der Waals surface area contributed by atoms with Crippen molar-refractivity contribution in [3.8, 4) is 0 Å². The van der Waals surface area contributed by atoms with Gasteiger partial charge in [0.2, 0.25) is 0 Å². The van der Waals surface area contributed by atoms with Crippen LogP contribution in [0, 0.1) is 0 Å². The molecule has 0 radical (unpaired) electrons. The third-order valence-electron chi connectivity index (χ3n) is 5.87. The van der Waals surface area contributed by atoms with Crippen LogP contribution >= 0.6 is 7.82 Å². The third kappa shape index (κ3) is 26.4. The maximum Gasteiger partial charge on any atom is 0.472 e. The molecule has 210 valence electrons. The Kier molecular flexibility index (Phi) is 21.3.